The Labute approximate surface area is 192 Å². The number of aromatic nitrogens is 3. The highest BCUT2D eigenvalue weighted by molar-refractivity contribution is 7.91. The summed E-state index contributed by atoms with van der Waals surface area (Å²) >= 11 is 0. The Balaban J connectivity index is 1.34. The van der Waals surface area contributed by atoms with Gasteiger partial charge in [-0.2, -0.15) is 5.10 Å². The summed E-state index contributed by atoms with van der Waals surface area (Å²) in [4.78, 5) is 25.2. The van der Waals surface area contributed by atoms with Crippen molar-refractivity contribution >= 4 is 33.1 Å². The van der Waals surface area contributed by atoms with Crippen molar-refractivity contribution in [1.29, 1.82) is 0 Å². The van der Waals surface area contributed by atoms with E-state index in [4.69, 9.17) is 0 Å². The molecule has 0 bridgehead atoms. The van der Waals surface area contributed by atoms with Crippen LogP contribution in [0.1, 0.15) is 44.3 Å². The number of nitrogens with one attached hydrogen (secondary N) is 1. The Bertz CT molecular complexity index is 1240. The van der Waals surface area contributed by atoms with Gasteiger partial charge in [-0.1, -0.05) is 18.6 Å². The second kappa shape index (κ2) is 8.69. The van der Waals surface area contributed by atoms with Gasteiger partial charge in [-0.15, -0.1) is 10.2 Å². The van der Waals surface area contributed by atoms with Gasteiger partial charge in [0.05, 0.1) is 17.5 Å². The first kappa shape index (κ1) is 21.7. The molecule has 0 saturated carbocycles. The number of benzene rings is 1. The van der Waals surface area contributed by atoms with Crippen LogP contribution in [-0.4, -0.2) is 63.3 Å². The number of hydrazone groups is 1. The van der Waals surface area contributed by atoms with Crippen LogP contribution in [0.3, 0.4) is 0 Å². The number of anilines is 1. The van der Waals surface area contributed by atoms with Gasteiger partial charge in [0, 0.05) is 37.1 Å². The maximum Gasteiger partial charge on any atom is 0.271 e. The van der Waals surface area contributed by atoms with Crippen molar-refractivity contribution in [3.8, 4) is 11.4 Å². The lowest BCUT2D eigenvalue weighted by atomic mass is 10.1. The molecule has 1 atom stereocenters. The first-order valence-corrected chi connectivity index (χ1v) is 13.2. The van der Waals surface area contributed by atoms with E-state index in [1.165, 1.54) is 11.4 Å². The molecule has 1 saturated heterocycles. The van der Waals surface area contributed by atoms with Crippen molar-refractivity contribution in [3.05, 3.63) is 30.1 Å². The fourth-order valence-electron chi connectivity index (χ4n) is 4.63. The topological polar surface area (TPSA) is 127 Å². The molecule has 4 heterocycles. The summed E-state index contributed by atoms with van der Waals surface area (Å²) in [6.07, 6.45) is 4.99. The summed E-state index contributed by atoms with van der Waals surface area (Å²) in [6.45, 7) is 0.881. The van der Waals surface area contributed by atoms with Crippen molar-refractivity contribution in [1.82, 2.24) is 19.8 Å². The van der Waals surface area contributed by atoms with Crippen molar-refractivity contribution in [2.24, 2.45) is 5.10 Å². The molecule has 0 spiro atoms. The molecule has 3 aliphatic heterocycles. The Hall–Kier alpha value is -3.08. The average molecular weight is 471 g/mol. The molecule has 33 heavy (non-hydrogen) atoms. The molecule has 2 amide bonds. The van der Waals surface area contributed by atoms with Crippen molar-refractivity contribution in [3.63, 3.8) is 0 Å². The molecule has 5 rings (SSSR count). The smallest absolute Gasteiger partial charge is 0.271 e. The highest BCUT2D eigenvalue weighted by atomic mass is 32.2. The largest absolute Gasteiger partial charge is 0.321 e. The Kier molecular flexibility index (Phi) is 5.73. The number of fused-ring (bicyclic) bond motifs is 1. The van der Waals surface area contributed by atoms with Crippen LogP contribution >= 0.6 is 0 Å². The predicted molar refractivity (Wildman–Crippen MR) is 122 cm³/mol. The van der Waals surface area contributed by atoms with E-state index in [0.29, 0.717) is 12.1 Å². The van der Waals surface area contributed by atoms with Gasteiger partial charge < -0.3 is 9.88 Å². The second-order valence-corrected chi connectivity index (χ2v) is 11.0. The van der Waals surface area contributed by atoms with Gasteiger partial charge in [-0.3, -0.25) is 9.59 Å². The number of sulfone groups is 1. The second-order valence-electron chi connectivity index (χ2n) is 8.78. The van der Waals surface area contributed by atoms with E-state index in [2.05, 4.69) is 25.2 Å². The Morgan fingerprint density at radius 3 is 2.79 bits per heavy atom. The molecule has 10 nitrogen and oxygen atoms in total. The molecule has 1 fully saturated rings. The quantitative estimate of drug-likeness (QED) is 0.726. The Morgan fingerprint density at radius 2 is 1.97 bits per heavy atom. The molecule has 0 unspecified atom stereocenters. The number of amides is 2. The zero-order chi connectivity index (χ0) is 23.0. The molecule has 3 aliphatic rings. The minimum atomic E-state index is -3.17. The number of aryl methyl sites for hydroxylation is 1. The van der Waals surface area contributed by atoms with Gasteiger partial charge in [0.1, 0.15) is 11.5 Å². The van der Waals surface area contributed by atoms with E-state index in [1.807, 2.05) is 18.2 Å². The normalized spacial score (nSPS) is 22.4. The van der Waals surface area contributed by atoms with Crippen molar-refractivity contribution in [2.45, 2.75) is 57.5 Å². The van der Waals surface area contributed by atoms with Gasteiger partial charge in [-0.05, 0) is 31.4 Å². The van der Waals surface area contributed by atoms with Gasteiger partial charge in [0.15, 0.2) is 15.7 Å². The maximum absolute atomic E-state index is 12.9. The predicted octanol–water partition coefficient (Wildman–Crippen LogP) is 1.78. The minimum Gasteiger partial charge on any atom is -0.321 e. The van der Waals surface area contributed by atoms with E-state index in [1.54, 1.807) is 6.07 Å². The number of carbonyl (C=O) groups is 2. The Morgan fingerprint density at radius 1 is 1.09 bits per heavy atom. The molecule has 1 N–H and O–H groups in total. The number of hydrogen-bond donors (Lipinski definition) is 1. The molecular weight excluding hydrogens is 444 g/mol. The lowest BCUT2D eigenvalue weighted by Gasteiger charge is -2.27. The molecular formula is C22H26N6O4S. The van der Waals surface area contributed by atoms with Crippen LogP contribution < -0.4 is 5.32 Å². The van der Waals surface area contributed by atoms with E-state index in [9.17, 15) is 18.0 Å². The summed E-state index contributed by atoms with van der Waals surface area (Å²) in [5, 5.41) is 17.0. The number of hydrogen-bond acceptors (Lipinski definition) is 7. The summed E-state index contributed by atoms with van der Waals surface area (Å²) in [7, 11) is -3.17. The SMILES string of the molecule is O=C(Nc1cccc(-c2nnc3n2CCCCC3)c1)C1=NN([C@@H]2CCS(=O)(=O)C2)C(=O)CC1. The molecule has 1 aromatic heterocycles. The van der Waals surface area contributed by atoms with Gasteiger partial charge in [0.2, 0.25) is 5.91 Å². The third-order valence-electron chi connectivity index (χ3n) is 6.36. The number of nitrogens with zero attached hydrogens (tertiary/aromatic N) is 5. The van der Waals surface area contributed by atoms with Gasteiger partial charge in [0.25, 0.3) is 5.91 Å². The average Bonchev–Trinajstić information content (AvgIpc) is 3.28. The van der Waals surface area contributed by atoms with E-state index >= 15 is 0 Å². The molecule has 174 valence electrons. The standard InChI is InChI=1S/C22H26N6O4S/c29-20-9-8-18(26-28(20)17-10-12-33(31,32)14-17)22(30)23-16-6-4-5-15(13-16)21-25-24-19-7-2-1-3-11-27(19)21/h4-6,13,17H,1-3,7-12,14H2,(H,23,30)/t17-/m1/s1. The maximum atomic E-state index is 12.9. The van der Waals surface area contributed by atoms with Gasteiger partial charge >= 0.3 is 0 Å². The van der Waals surface area contributed by atoms with Crippen LogP contribution in [-0.2, 0) is 32.4 Å². The monoisotopic (exact) mass is 470 g/mol. The summed E-state index contributed by atoms with van der Waals surface area (Å²) in [5.41, 5.74) is 1.69. The molecule has 0 radical (unpaired) electrons. The van der Waals surface area contributed by atoms with Crippen molar-refractivity contribution < 1.29 is 18.0 Å². The fourth-order valence-corrected chi connectivity index (χ4v) is 6.32. The summed E-state index contributed by atoms with van der Waals surface area (Å²) < 4.78 is 25.8. The van der Waals surface area contributed by atoms with Crippen LogP contribution in [0.4, 0.5) is 5.69 Å². The van der Waals surface area contributed by atoms with Crippen LogP contribution in [0.15, 0.2) is 29.4 Å². The highest BCUT2D eigenvalue weighted by Crippen LogP contribution is 2.26. The molecule has 11 heteroatoms. The number of rotatable bonds is 4. The first-order valence-electron chi connectivity index (χ1n) is 11.3. The summed E-state index contributed by atoms with van der Waals surface area (Å²) in [5.74, 6) is 1.07. The first-order chi connectivity index (χ1) is 15.9. The summed E-state index contributed by atoms with van der Waals surface area (Å²) in [6, 6.07) is 6.94. The number of carbonyl (C=O) groups excluding carboxylic acids is 2. The minimum absolute atomic E-state index is 0.0393. The zero-order valence-electron chi connectivity index (χ0n) is 18.2. The fraction of sp³-hybridized carbons (Fsp3) is 0.500. The van der Waals surface area contributed by atoms with Crippen LogP contribution in [0.5, 0.6) is 0 Å². The zero-order valence-corrected chi connectivity index (χ0v) is 19.1. The molecule has 1 aromatic carbocycles. The lowest BCUT2D eigenvalue weighted by Crippen LogP contribution is -2.42. The van der Waals surface area contributed by atoms with Crippen molar-refractivity contribution in [2.75, 3.05) is 16.8 Å². The molecule has 0 aliphatic carbocycles. The van der Waals surface area contributed by atoms with E-state index in [-0.39, 0.29) is 36.0 Å². The van der Waals surface area contributed by atoms with Crippen LogP contribution in [0.25, 0.3) is 11.4 Å². The van der Waals surface area contributed by atoms with Crippen LogP contribution in [0.2, 0.25) is 0 Å². The highest BCUT2D eigenvalue weighted by Gasteiger charge is 2.37. The third-order valence-corrected chi connectivity index (χ3v) is 8.11. The lowest BCUT2D eigenvalue weighted by molar-refractivity contribution is -0.133. The third kappa shape index (κ3) is 4.54. The van der Waals surface area contributed by atoms with Crippen LogP contribution in [0, 0.1) is 0 Å². The van der Waals surface area contributed by atoms with E-state index in [0.717, 1.165) is 43.0 Å². The van der Waals surface area contributed by atoms with Gasteiger partial charge in [-0.25, -0.2) is 13.4 Å². The molecule has 2 aromatic rings. The van der Waals surface area contributed by atoms with E-state index < -0.39 is 21.8 Å².